The van der Waals surface area contributed by atoms with E-state index >= 15 is 0 Å². The van der Waals surface area contributed by atoms with Gasteiger partial charge in [-0.3, -0.25) is 0 Å². The van der Waals surface area contributed by atoms with Crippen molar-refractivity contribution in [3.05, 3.63) is 42.0 Å². The van der Waals surface area contributed by atoms with Crippen LogP contribution in [0.15, 0.2) is 30.8 Å². The van der Waals surface area contributed by atoms with Crippen molar-refractivity contribution in [1.29, 1.82) is 0 Å². The normalized spacial score (nSPS) is 37.6. The van der Waals surface area contributed by atoms with E-state index in [9.17, 15) is 4.79 Å². The van der Waals surface area contributed by atoms with Gasteiger partial charge in [0.05, 0.1) is 12.7 Å². The molecule has 1 aromatic rings. The van der Waals surface area contributed by atoms with E-state index in [0.29, 0.717) is 21.9 Å². The first-order chi connectivity index (χ1) is 12.2. The van der Waals surface area contributed by atoms with Gasteiger partial charge in [0.1, 0.15) is 0 Å². The van der Waals surface area contributed by atoms with E-state index in [-0.39, 0.29) is 5.97 Å². The van der Waals surface area contributed by atoms with E-state index in [2.05, 4.69) is 37.9 Å². The van der Waals surface area contributed by atoms with Crippen LogP contribution in [0.25, 0.3) is 5.57 Å². The van der Waals surface area contributed by atoms with Gasteiger partial charge >= 0.3 is 5.97 Å². The molecule has 0 aromatic heterocycles. The summed E-state index contributed by atoms with van der Waals surface area (Å²) in [5.41, 5.74) is 3.88. The minimum absolute atomic E-state index is 0.317. The zero-order chi connectivity index (χ0) is 18.6. The smallest absolute Gasteiger partial charge is 0.337 e. The number of hydrogen-bond acceptors (Lipinski definition) is 3. The van der Waals surface area contributed by atoms with Crippen LogP contribution in [0.2, 0.25) is 0 Å². The van der Waals surface area contributed by atoms with Gasteiger partial charge in [-0.05, 0) is 66.4 Å². The van der Waals surface area contributed by atoms with Gasteiger partial charge in [-0.15, -0.1) is 0 Å². The van der Waals surface area contributed by atoms with Crippen LogP contribution in [0.1, 0.15) is 63.5 Å². The maximum atomic E-state index is 11.6. The molecule has 1 aromatic carbocycles. The molecule has 140 valence electrons. The Morgan fingerprint density at radius 2 is 1.73 bits per heavy atom. The average molecular weight is 354 g/mol. The predicted octanol–water partition coefficient (Wildman–Crippen LogP) is 4.71. The van der Waals surface area contributed by atoms with Crippen LogP contribution in [0.5, 0.6) is 0 Å². The Labute approximate surface area is 157 Å². The van der Waals surface area contributed by atoms with Gasteiger partial charge in [-0.2, -0.15) is 0 Å². The molecule has 3 heteroatoms. The number of rotatable bonds is 5. The van der Waals surface area contributed by atoms with E-state index < -0.39 is 0 Å². The first-order valence-corrected chi connectivity index (χ1v) is 9.86. The van der Waals surface area contributed by atoms with Gasteiger partial charge in [0.25, 0.3) is 0 Å². The largest absolute Gasteiger partial charge is 0.465 e. The van der Waals surface area contributed by atoms with Gasteiger partial charge in [0.15, 0.2) is 0 Å². The van der Waals surface area contributed by atoms with Crippen molar-refractivity contribution in [3.63, 3.8) is 0 Å². The lowest BCUT2D eigenvalue weighted by molar-refractivity contribution is -0.133. The first kappa shape index (κ1) is 17.8. The van der Waals surface area contributed by atoms with Gasteiger partial charge in [-0.25, -0.2) is 4.79 Å². The highest BCUT2D eigenvalue weighted by molar-refractivity contribution is 6.15. The molecule has 5 rings (SSSR count). The summed E-state index contributed by atoms with van der Waals surface area (Å²) >= 11 is 0. The minimum atomic E-state index is -0.370. The molecule has 4 bridgehead atoms. The third-order valence-electron chi connectivity index (χ3n) is 7.03. The molecule has 0 radical (unpaired) electrons. The van der Waals surface area contributed by atoms with E-state index in [4.69, 9.17) is 4.74 Å². The zero-order valence-electron chi connectivity index (χ0n) is 16.4. The quantitative estimate of drug-likeness (QED) is 0.615. The molecule has 2 atom stereocenters. The Hall–Kier alpha value is -1.61. The molecule has 4 fully saturated rings. The summed E-state index contributed by atoms with van der Waals surface area (Å²) in [6, 6.07) is 8.14. The summed E-state index contributed by atoms with van der Waals surface area (Å²) in [6.45, 7) is 9.74. The second kappa shape index (κ2) is 5.95. The molecule has 4 aliphatic rings. The summed E-state index contributed by atoms with van der Waals surface area (Å²) in [5, 5.41) is 3.96. The van der Waals surface area contributed by atoms with Gasteiger partial charge in [0.2, 0.25) is 0 Å². The molecule has 4 saturated carbocycles. The van der Waals surface area contributed by atoms with Gasteiger partial charge < -0.3 is 10.1 Å². The van der Waals surface area contributed by atoms with Crippen LogP contribution in [-0.4, -0.2) is 18.6 Å². The third kappa shape index (κ3) is 3.11. The monoisotopic (exact) mass is 353 g/mol. The fourth-order valence-electron chi connectivity index (χ4n) is 7.00. The van der Waals surface area contributed by atoms with Crippen molar-refractivity contribution in [3.8, 4) is 0 Å². The summed E-state index contributed by atoms with van der Waals surface area (Å²) in [7, 11) is 1.39. The lowest BCUT2D eigenvalue weighted by Gasteiger charge is -2.65. The fourth-order valence-corrected chi connectivity index (χ4v) is 7.00. The lowest BCUT2D eigenvalue weighted by Crippen LogP contribution is -2.63. The van der Waals surface area contributed by atoms with Gasteiger partial charge in [-0.1, -0.05) is 44.7 Å². The molecule has 2 unspecified atom stereocenters. The molecule has 0 spiro atoms. The van der Waals surface area contributed by atoms with Crippen LogP contribution in [0, 0.1) is 16.7 Å². The molecule has 26 heavy (non-hydrogen) atoms. The Morgan fingerprint density at radius 3 is 2.27 bits per heavy atom. The van der Waals surface area contributed by atoms with Crippen LogP contribution >= 0.6 is 0 Å². The standard InChI is InChI=1S/C23H31NO2/c1-16(20(25)26-4)19-7-5-17(6-8-19)12-24-23-11-18-9-21(2,14-23)13-22(3,10-18)15-23/h5-8,18,24H,1,9-15H2,2-4H3. The Bertz CT molecular complexity index is 717. The predicted molar refractivity (Wildman–Crippen MR) is 104 cm³/mol. The number of benzene rings is 1. The minimum Gasteiger partial charge on any atom is -0.465 e. The SMILES string of the molecule is C=C(C(=O)OC)c1ccc(CNC23CC4CC(C)(CC(C)(C4)C2)C3)cc1. The summed E-state index contributed by atoms with van der Waals surface area (Å²) in [6.07, 6.45) is 8.25. The molecule has 0 amide bonds. The first-order valence-electron chi connectivity index (χ1n) is 9.86. The number of carbonyl (C=O) groups is 1. The molecule has 0 aliphatic heterocycles. The number of nitrogens with one attached hydrogen (secondary N) is 1. The third-order valence-corrected chi connectivity index (χ3v) is 7.03. The van der Waals surface area contributed by atoms with Crippen molar-refractivity contribution < 1.29 is 9.53 Å². The van der Waals surface area contributed by atoms with Crippen LogP contribution < -0.4 is 5.32 Å². The number of methoxy groups -OCH3 is 1. The maximum Gasteiger partial charge on any atom is 0.337 e. The molecular weight excluding hydrogens is 322 g/mol. The van der Waals surface area contributed by atoms with Crippen LogP contribution in [0.4, 0.5) is 0 Å². The van der Waals surface area contributed by atoms with Gasteiger partial charge in [0, 0.05) is 12.1 Å². The highest BCUT2D eigenvalue weighted by Gasteiger charge is 2.59. The van der Waals surface area contributed by atoms with Crippen LogP contribution in [-0.2, 0) is 16.1 Å². The second-order valence-corrected chi connectivity index (χ2v) is 9.93. The number of carbonyl (C=O) groups excluding carboxylic acids is 1. The topological polar surface area (TPSA) is 38.3 Å². The number of esters is 1. The lowest BCUT2D eigenvalue weighted by atomic mass is 9.43. The van der Waals surface area contributed by atoms with Crippen molar-refractivity contribution >= 4 is 11.5 Å². The second-order valence-electron chi connectivity index (χ2n) is 9.93. The maximum absolute atomic E-state index is 11.6. The van der Waals surface area contributed by atoms with E-state index in [1.165, 1.54) is 51.2 Å². The molecule has 1 N–H and O–H groups in total. The van der Waals surface area contributed by atoms with Crippen LogP contribution in [0.3, 0.4) is 0 Å². The zero-order valence-corrected chi connectivity index (χ0v) is 16.4. The average Bonchev–Trinajstić information content (AvgIpc) is 2.56. The molecule has 3 nitrogen and oxygen atoms in total. The molecule has 0 heterocycles. The fraction of sp³-hybridized carbons (Fsp3) is 0.609. The summed E-state index contributed by atoms with van der Waals surface area (Å²) < 4.78 is 4.75. The highest BCUT2D eigenvalue weighted by atomic mass is 16.5. The Kier molecular flexibility index (Phi) is 4.07. The van der Waals surface area contributed by atoms with Crippen molar-refractivity contribution in [2.75, 3.05) is 7.11 Å². The molecule has 0 saturated heterocycles. The Balaban J connectivity index is 1.44. The summed E-state index contributed by atoms with van der Waals surface area (Å²) in [4.78, 5) is 11.6. The molecular formula is C23H31NO2. The van der Waals surface area contributed by atoms with E-state index in [1.807, 2.05) is 12.1 Å². The Morgan fingerprint density at radius 1 is 1.12 bits per heavy atom. The summed E-state index contributed by atoms with van der Waals surface area (Å²) in [5.74, 6) is 0.533. The van der Waals surface area contributed by atoms with E-state index in [0.717, 1.165) is 18.0 Å². The molecule has 4 aliphatic carbocycles. The number of hydrogen-bond donors (Lipinski definition) is 1. The van der Waals surface area contributed by atoms with Crippen molar-refractivity contribution in [2.24, 2.45) is 16.7 Å². The van der Waals surface area contributed by atoms with Crippen molar-refractivity contribution in [1.82, 2.24) is 5.32 Å². The van der Waals surface area contributed by atoms with Crippen molar-refractivity contribution in [2.45, 2.75) is 64.5 Å². The number of ether oxygens (including phenoxy) is 1. The van der Waals surface area contributed by atoms with E-state index in [1.54, 1.807) is 0 Å². The highest BCUT2D eigenvalue weighted by Crippen LogP contribution is 2.66.